The molecule has 106 valence electrons. The Morgan fingerprint density at radius 2 is 1.50 bits per heavy atom. The molecule has 4 heteroatoms. The lowest BCUT2D eigenvalue weighted by atomic mass is 10.1. The minimum absolute atomic E-state index is 0.152. The van der Waals surface area contributed by atoms with Gasteiger partial charge in [-0.3, -0.25) is 0 Å². The smallest absolute Gasteiger partial charge is 0.126 e. The van der Waals surface area contributed by atoms with Crippen LogP contribution in [0.2, 0.25) is 0 Å². The molecule has 0 aliphatic carbocycles. The van der Waals surface area contributed by atoms with E-state index < -0.39 is 11.6 Å². The minimum Gasteiger partial charge on any atom is -0.310 e. The molecular weight excluding hydrogens is 263 g/mol. The highest BCUT2D eigenvalue weighted by molar-refractivity contribution is 5.21. The third-order valence-corrected chi connectivity index (χ3v) is 3.16. The van der Waals surface area contributed by atoms with Crippen LogP contribution in [-0.2, 0) is 6.42 Å². The molecule has 2 rings (SSSR count). The van der Waals surface area contributed by atoms with Gasteiger partial charge in [0, 0.05) is 12.1 Å². The maximum absolute atomic E-state index is 13.1. The number of benzene rings is 2. The monoisotopic (exact) mass is 279 g/mol. The van der Waals surface area contributed by atoms with Crippen molar-refractivity contribution in [2.45, 2.75) is 19.4 Å². The van der Waals surface area contributed by atoms with Crippen molar-refractivity contribution in [1.82, 2.24) is 5.32 Å². The first-order chi connectivity index (χ1) is 9.54. The molecule has 1 unspecified atom stereocenters. The second kappa shape index (κ2) is 6.57. The van der Waals surface area contributed by atoms with E-state index in [-0.39, 0.29) is 11.9 Å². The second-order valence-corrected chi connectivity index (χ2v) is 4.76. The highest BCUT2D eigenvalue weighted by Gasteiger charge is 2.08. The van der Waals surface area contributed by atoms with Gasteiger partial charge in [0.15, 0.2) is 0 Å². The third-order valence-electron chi connectivity index (χ3n) is 3.16. The van der Waals surface area contributed by atoms with Crippen LogP contribution in [0.3, 0.4) is 0 Å². The van der Waals surface area contributed by atoms with E-state index in [0.29, 0.717) is 12.1 Å². The fourth-order valence-electron chi connectivity index (χ4n) is 2.03. The zero-order valence-electron chi connectivity index (χ0n) is 11.2. The molecule has 0 spiro atoms. The molecule has 0 saturated carbocycles. The van der Waals surface area contributed by atoms with E-state index in [4.69, 9.17) is 0 Å². The number of hydrogen-bond acceptors (Lipinski definition) is 1. The predicted molar refractivity (Wildman–Crippen MR) is 72.9 cm³/mol. The van der Waals surface area contributed by atoms with Gasteiger partial charge < -0.3 is 5.32 Å². The summed E-state index contributed by atoms with van der Waals surface area (Å²) in [4.78, 5) is 0. The Bertz CT molecular complexity index is 546. The first kappa shape index (κ1) is 14.6. The molecule has 20 heavy (non-hydrogen) atoms. The van der Waals surface area contributed by atoms with Crippen LogP contribution < -0.4 is 5.32 Å². The van der Waals surface area contributed by atoms with Gasteiger partial charge in [0.1, 0.15) is 17.5 Å². The van der Waals surface area contributed by atoms with E-state index in [0.717, 1.165) is 18.1 Å². The lowest BCUT2D eigenvalue weighted by Gasteiger charge is -2.14. The number of rotatable bonds is 5. The molecule has 1 nitrogen and oxygen atoms in total. The Labute approximate surface area is 116 Å². The molecular formula is C16H16F3N. The summed E-state index contributed by atoms with van der Waals surface area (Å²) in [6.45, 7) is 2.49. The molecule has 1 atom stereocenters. The molecule has 2 aromatic rings. The average Bonchev–Trinajstić information content (AvgIpc) is 2.40. The van der Waals surface area contributed by atoms with Gasteiger partial charge in [-0.1, -0.05) is 12.1 Å². The number of halogens is 3. The van der Waals surface area contributed by atoms with E-state index >= 15 is 0 Å². The summed E-state index contributed by atoms with van der Waals surface area (Å²) in [7, 11) is 0. The molecule has 0 fully saturated rings. The average molecular weight is 279 g/mol. The zero-order valence-corrected chi connectivity index (χ0v) is 11.2. The third kappa shape index (κ3) is 4.10. The van der Waals surface area contributed by atoms with Crippen molar-refractivity contribution in [2.24, 2.45) is 0 Å². The van der Waals surface area contributed by atoms with Crippen molar-refractivity contribution in [3.8, 4) is 0 Å². The van der Waals surface area contributed by atoms with Gasteiger partial charge in [-0.2, -0.15) is 0 Å². The normalized spacial score (nSPS) is 12.4. The van der Waals surface area contributed by atoms with Gasteiger partial charge in [-0.05, 0) is 55.3 Å². The van der Waals surface area contributed by atoms with E-state index in [1.54, 1.807) is 12.1 Å². The summed E-state index contributed by atoms with van der Waals surface area (Å²) in [6.07, 6.45) is 0.725. The quantitative estimate of drug-likeness (QED) is 0.872. The van der Waals surface area contributed by atoms with Crippen molar-refractivity contribution >= 4 is 0 Å². The highest BCUT2D eigenvalue weighted by atomic mass is 19.1. The maximum atomic E-state index is 13.1. The van der Waals surface area contributed by atoms with Gasteiger partial charge in [-0.25, -0.2) is 13.2 Å². The van der Waals surface area contributed by atoms with Crippen LogP contribution in [0.25, 0.3) is 0 Å². The topological polar surface area (TPSA) is 12.0 Å². The zero-order chi connectivity index (χ0) is 14.5. The van der Waals surface area contributed by atoms with Gasteiger partial charge in [0.2, 0.25) is 0 Å². The van der Waals surface area contributed by atoms with Crippen LogP contribution in [0.5, 0.6) is 0 Å². The van der Waals surface area contributed by atoms with Gasteiger partial charge in [-0.15, -0.1) is 0 Å². The highest BCUT2D eigenvalue weighted by Crippen LogP contribution is 2.15. The van der Waals surface area contributed by atoms with E-state index in [1.165, 1.54) is 24.3 Å². The molecule has 0 aliphatic rings. The molecule has 2 aromatic carbocycles. The molecule has 1 N–H and O–H groups in total. The van der Waals surface area contributed by atoms with Crippen LogP contribution in [0.4, 0.5) is 13.2 Å². The SMILES string of the molecule is CC(NCCc1ccc(F)cc1)c1cc(F)cc(F)c1. The van der Waals surface area contributed by atoms with Crippen LogP contribution in [0.15, 0.2) is 42.5 Å². The summed E-state index contributed by atoms with van der Waals surface area (Å²) in [6, 6.07) is 9.63. The van der Waals surface area contributed by atoms with Crippen LogP contribution in [0, 0.1) is 17.5 Å². The molecule has 0 aliphatic heterocycles. The van der Waals surface area contributed by atoms with Crippen molar-refractivity contribution in [2.75, 3.05) is 6.54 Å². The largest absolute Gasteiger partial charge is 0.310 e. The summed E-state index contributed by atoms with van der Waals surface area (Å²) in [5.41, 5.74) is 1.58. The summed E-state index contributed by atoms with van der Waals surface area (Å²) in [5, 5.41) is 3.19. The first-order valence-electron chi connectivity index (χ1n) is 6.48. The van der Waals surface area contributed by atoms with Crippen LogP contribution in [0.1, 0.15) is 24.1 Å². The minimum atomic E-state index is -0.577. The Kier molecular flexibility index (Phi) is 4.79. The van der Waals surface area contributed by atoms with Crippen molar-refractivity contribution in [3.05, 3.63) is 71.0 Å². The van der Waals surface area contributed by atoms with Gasteiger partial charge >= 0.3 is 0 Å². The fourth-order valence-corrected chi connectivity index (χ4v) is 2.03. The summed E-state index contributed by atoms with van der Waals surface area (Å²) in [5.74, 6) is -1.41. The fraction of sp³-hybridized carbons (Fsp3) is 0.250. The van der Waals surface area contributed by atoms with E-state index in [2.05, 4.69) is 5.32 Å². The Morgan fingerprint density at radius 3 is 2.10 bits per heavy atom. The Balaban J connectivity index is 1.88. The standard InChI is InChI=1S/C16H16F3N/c1-11(13-8-15(18)10-16(19)9-13)20-7-6-12-2-4-14(17)5-3-12/h2-5,8-11,20H,6-7H2,1H3. The second-order valence-electron chi connectivity index (χ2n) is 4.76. The summed E-state index contributed by atoms with van der Waals surface area (Å²) >= 11 is 0. The molecule has 0 radical (unpaired) electrons. The Hall–Kier alpha value is -1.81. The molecule has 0 heterocycles. The maximum Gasteiger partial charge on any atom is 0.126 e. The number of hydrogen-bond donors (Lipinski definition) is 1. The van der Waals surface area contributed by atoms with Crippen molar-refractivity contribution in [1.29, 1.82) is 0 Å². The molecule has 0 aromatic heterocycles. The van der Waals surface area contributed by atoms with E-state index in [9.17, 15) is 13.2 Å². The van der Waals surface area contributed by atoms with Crippen molar-refractivity contribution in [3.63, 3.8) is 0 Å². The molecule has 0 amide bonds. The van der Waals surface area contributed by atoms with Crippen LogP contribution in [-0.4, -0.2) is 6.54 Å². The summed E-state index contributed by atoms with van der Waals surface area (Å²) < 4.78 is 39.0. The van der Waals surface area contributed by atoms with Gasteiger partial charge in [0.25, 0.3) is 0 Å². The lowest BCUT2D eigenvalue weighted by molar-refractivity contribution is 0.547. The van der Waals surface area contributed by atoms with Crippen molar-refractivity contribution < 1.29 is 13.2 Å². The first-order valence-corrected chi connectivity index (χ1v) is 6.48. The Morgan fingerprint density at radius 1 is 0.900 bits per heavy atom. The number of nitrogens with one attached hydrogen (secondary N) is 1. The molecule has 0 bridgehead atoms. The van der Waals surface area contributed by atoms with Crippen LogP contribution >= 0.6 is 0 Å². The predicted octanol–water partition coefficient (Wildman–Crippen LogP) is 4.00. The lowest BCUT2D eigenvalue weighted by Crippen LogP contribution is -2.21. The van der Waals surface area contributed by atoms with E-state index in [1.807, 2.05) is 6.92 Å². The van der Waals surface area contributed by atoms with Gasteiger partial charge in [0.05, 0.1) is 0 Å². The molecule has 0 saturated heterocycles.